The zero-order chi connectivity index (χ0) is 9.78. The molecule has 0 heteroatoms. The number of rotatable bonds is 3. The molecule has 0 fully saturated rings. The summed E-state index contributed by atoms with van der Waals surface area (Å²) in [4.78, 5) is 0. The van der Waals surface area contributed by atoms with E-state index in [-0.39, 0.29) is 0 Å². The van der Waals surface area contributed by atoms with Crippen LogP contribution in [0.1, 0.15) is 54.4 Å². The molecule has 0 spiro atoms. The van der Waals surface area contributed by atoms with E-state index in [1.165, 1.54) is 18.4 Å². The molecule has 0 amide bonds. The molecule has 0 saturated heterocycles. The molecule has 0 aliphatic carbocycles. The van der Waals surface area contributed by atoms with E-state index in [0.29, 0.717) is 5.41 Å². The van der Waals surface area contributed by atoms with Gasteiger partial charge in [-0.3, -0.25) is 0 Å². The third-order valence-electron chi connectivity index (χ3n) is 2.35. The predicted octanol–water partition coefficient (Wildman–Crippen LogP) is 4.37. The van der Waals surface area contributed by atoms with Gasteiger partial charge < -0.3 is 0 Å². The number of allylic oxidation sites excluding steroid dienone is 2. The highest BCUT2D eigenvalue weighted by Gasteiger charge is 2.29. The first kappa shape index (κ1) is 11.6. The summed E-state index contributed by atoms with van der Waals surface area (Å²) in [6.07, 6.45) is 4.75. The molecular formula is C12H23+. The molecule has 70 valence electrons. The van der Waals surface area contributed by atoms with Crippen LogP contribution < -0.4 is 0 Å². The summed E-state index contributed by atoms with van der Waals surface area (Å²) < 4.78 is 0. The third-order valence-corrected chi connectivity index (χ3v) is 2.35. The van der Waals surface area contributed by atoms with Crippen molar-refractivity contribution in [3.8, 4) is 0 Å². The van der Waals surface area contributed by atoms with Crippen LogP contribution in [-0.4, -0.2) is 0 Å². The lowest BCUT2D eigenvalue weighted by Crippen LogP contribution is -2.14. The maximum Gasteiger partial charge on any atom is 0.102 e. The van der Waals surface area contributed by atoms with Gasteiger partial charge in [0.25, 0.3) is 0 Å². The Bertz CT molecular complexity index is 142. The van der Waals surface area contributed by atoms with Gasteiger partial charge in [0.15, 0.2) is 0 Å². The Kier molecular flexibility index (Phi) is 4.44. The van der Waals surface area contributed by atoms with Crippen LogP contribution in [-0.2, 0) is 0 Å². The maximum atomic E-state index is 2.31. The van der Waals surface area contributed by atoms with Crippen molar-refractivity contribution >= 4 is 0 Å². The summed E-state index contributed by atoms with van der Waals surface area (Å²) in [7, 11) is 0. The van der Waals surface area contributed by atoms with E-state index < -0.39 is 0 Å². The number of hydrogen-bond acceptors (Lipinski definition) is 0. The van der Waals surface area contributed by atoms with Crippen LogP contribution in [0.25, 0.3) is 0 Å². The van der Waals surface area contributed by atoms with Crippen LogP contribution in [0.3, 0.4) is 0 Å². The standard InChI is InChI=1S/C12H23/c1-10(2)8-7-9-11(3)12(4,5)6/h8H,7,9H2,1-6H3/q+1. The van der Waals surface area contributed by atoms with E-state index in [2.05, 4.69) is 47.6 Å². The molecular weight excluding hydrogens is 144 g/mol. The summed E-state index contributed by atoms with van der Waals surface area (Å²) in [5, 5.41) is 0. The zero-order valence-electron chi connectivity index (χ0n) is 9.49. The molecule has 0 heterocycles. The third kappa shape index (κ3) is 5.29. The molecule has 0 unspecified atom stereocenters. The SMILES string of the molecule is CC(C)=CCC[C+](C)C(C)(C)C. The summed E-state index contributed by atoms with van der Waals surface area (Å²) in [5.74, 6) is 1.60. The Labute approximate surface area is 78.1 Å². The molecule has 0 N–H and O–H groups in total. The minimum atomic E-state index is 0.384. The van der Waals surface area contributed by atoms with Gasteiger partial charge in [0, 0.05) is 6.42 Å². The fourth-order valence-corrected chi connectivity index (χ4v) is 0.952. The second-order valence-electron chi connectivity index (χ2n) is 4.85. The van der Waals surface area contributed by atoms with Crippen molar-refractivity contribution in [2.45, 2.75) is 54.4 Å². The molecule has 0 nitrogen and oxygen atoms in total. The number of hydrogen-bond donors (Lipinski definition) is 0. The van der Waals surface area contributed by atoms with Crippen LogP contribution in [0.4, 0.5) is 0 Å². The summed E-state index contributed by atoms with van der Waals surface area (Å²) >= 11 is 0. The van der Waals surface area contributed by atoms with Crippen molar-refractivity contribution in [1.29, 1.82) is 0 Å². The van der Waals surface area contributed by atoms with E-state index in [1.54, 1.807) is 5.92 Å². The second-order valence-corrected chi connectivity index (χ2v) is 4.85. The van der Waals surface area contributed by atoms with Crippen LogP contribution in [0, 0.1) is 11.3 Å². The Hall–Kier alpha value is -0.390. The lowest BCUT2D eigenvalue weighted by molar-refractivity contribution is 0.411. The van der Waals surface area contributed by atoms with E-state index in [4.69, 9.17) is 0 Å². The Morgan fingerprint density at radius 3 is 2.08 bits per heavy atom. The molecule has 0 aliphatic heterocycles. The van der Waals surface area contributed by atoms with E-state index in [9.17, 15) is 0 Å². The first-order valence-electron chi connectivity index (χ1n) is 4.80. The van der Waals surface area contributed by atoms with Gasteiger partial charge in [-0.25, -0.2) is 0 Å². The average Bonchev–Trinajstić information content (AvgIpc) is 1.84. The van der Waals surface area contributed by atoms with Gasteiger partial charge in [0.05, 0.1) is 19.3 Å². The van der Waals surface area contributed by atoms with Gasteiger partial charge >= 0.3 is 0 Å². The zero-order valence-corrected chi connectivity index (χ0v) is 9.49. The van der Waals surface area contributed by atoms with Gasteiger partial charge in [-0.2, -0.15) is 0 Å². The highest BCUT2D eigenvalue weighted by molar-refractivity contribution is 5.00. The summed E-state index contributed by atoms with van der Waals surface area (Å²) in [6.45, 7) is 13.4. The molecule has 0 radical (unpaired) electrons. The molecule has 0 aromatic rings. The van der Waals surface area contributed by atoms with Crippen LogP contribution >= 0.6 is 0 Å². The second kappa shape index (κ2) is 4.59. The van der Waals surface area contributed by atoms with E-state index in [1.807, 2.05) is 0 Å². The molecule has 0 aromatic carbocycles. The lowest BCUT2D eigenvalue weighted by atomic mass is 9.79. The smallest absolute Gasteiger partial charge is 0.0816 e. The van der Waals surface area contributed by atoms with Crippen molar-refractivity contribution in [2.75, 3.05) is 0 Å². The lowest BCUT2D eigenvalue weighted by Gasteiger charge is -2.15. The molecule has 0 aliphatic rings. The van der Waals surface area contributed by atoms with Crippen molar-refractivity contribution in [1.82, 2.24) is 0 Å². The highest BCUT2D eigenvalue weighted by Crippen LogP contribution is 2.31. The Morgan fingerprint density at radius 2 is 1.75 bits per heavy atom. The van der Waals surface area contributed by atoms with Crippen LogP contribution in [0.2, 0.25) is 0 Å². The minimum absolute atomic E-state index is 0.384. The summed E-state index contributed by atoms with van der Waals surface area (Å²) in [6, 6.07) is 0. The highest BCUT2D eigenvalue weighted by atomic mass is 14.2. The fourth-order valence-electron chi connectivity index (χ4n) is 0.952. The van der Waals surface area contributed by atoms with Crippen molar-refractivity contribution in [2.24, 2.45) is 5.41 Å². The fraction of sp³-hybridized carbons (Fsp3) is 0.750. The Balaban J connectivity index is 3.73. The monoisotopic (exact) mass is 167 g/mol. The van der Waals surface area contributed by atoms with Gasteiger partial charge in [-0.15, -0.1) is 0 Å². The largest absolute Gasteiger partial charge is 0.102 e. The molecule has 0 aromatic heterocycles. The van der Waals surface area contributed by atoms with Gasteiger partial charge in [0.1, 0.15) is 5.41 Å². The quantitative estimate of drug-likeness (QED) is 0.432. The van der Waals surface area contributed by atoms with Crippen LogP contribution in [0.15, 0.2) is 11.6 Å². The van der Waals surface area contributed by atoms with Gasteiger partial charge in [0.2, 0.25) is 0 Å². The Morgan fingerprint density at radius 1 is 1.25 bits per heavy atom. The molecule has 0 atom stereocenters. The van der Waals surface area contributed by atoms with Crippen molar-refractivity contribution in [3.63, 3.8) is 0 Å². The normalized spacial score (nSPS) is 11.2. The van der Waals surface area contributed by atoms with E-state index in [0.717, 1.165) is 0 Å². The van der Waals surface area contributed by atoms with Crippen molar-refractivity contribution in [3.05, 3.63) is 17.6 Å². The van der Waals surface area contributed by atoms with Crippen LogP contribution in [0.5, 0.6) is 0 Å². The first-order valence-corrected chi connectivity index (χ1v) is 4.80. The van der Waals surface area contributed by atoms with Gasteiger partial charge in [-0.1, -0.05) is 11.6 Å². The van der Waals surface area contributed by atoms with E-state index >= 15 is 0 Å². The van der Waals surface area contributed by atoms with Gasteiger partial charge in [-0.05, 0) is 34.6 Å². The maximum absolute atomic E-state index is 2.31. The summed E-state index contributed by atoms with van der Waals surface area (Å²) in [5.41, 5.74) is 1.81. The average molecular weight is 167 g/mol. The minimum Gasteiger partial charge on any atom is -0.0816 e. The van der Waals surface area contributed by atoms with Crippen molar-refractivity contribution < 1.29 is 0 Å². The molecule has 0 bridgehead atoms. The molecule has 12 heavy (non-hydrogen) atoms. The first-order chi connectivity index (χ1) is 5.34. The predicted molar refractivity (Wildman–Crippen MR) is 57.0 cm³/mol. The topological polar surface area (TPSA) is 0 Å². The molecule has 0 saturated carbocycles. The molecule has 0 rings (SSSR count).